The monoisotopic (exact) mass is 261 g/mol. The van der Waals surface area contributed by atoms with Gasteiger partial charge in [0.15, 0.2) is 0 Å². The fourth-order valence-electron chi connectivity index (χ4n) is 2.55. The Morgan fingerprint density at radius 2 is 1.78 bits per heavy atom. The standard InChI is InChI=1S/C13H15F4N/c14-11-6-5-9(13(15,16)17)7-10(11)12(18)8-3-1-2-4-8/h5-8,12H,1-4,18H2/t12-/m1/s1. The largest absolute Gasteiger partial charge is 0.416 e. The molecule has 5 heteroatoms. The van der Waals surface area contributed by atoms with Crippen molar-refractivity contribution in [3.05, 3.63) is 35.1 Å². The summed E-state index contributed by atoms with van der Waals surface area (Å²) >= 11 is 0. The zero-order valence-corrected chi connectivity index (χ0v) is 9.80. The van der Waals surface area contributed by atoms with Gasteiger partial charge in [-0.3, -0.25) is 0 Å². The van der Waals surface area contributed by atoms with Crippen LogP contribution in [0.5, 0.6) is 0 Å². The van der Waals surface area contributed by atoms with Crippen LogP contribution >= 0.6 is 0 Å². The van der Waals surface area contributed by atoms with Crippen molar-refractivity contribution < 1.29 is 17.6 Å². The van der Waals surface area contributed by atoms with E-state index >= 15 is 0 Å². The van der Waals surface area contributed by atoms with Gasteiger partial charge >= 0.3 is 6.18 Å². The maximum absolute atomic E-state index is 13.6. The van der Waals surface area contributed by atoms with Crippen molar-refractivity contribution in [2.75, 3.05) is 0 Å². The van der Waals surface area contributed by atoms with Gasteiger partial charge in [-0.15, -0.1) is 0 Å². The highest BCUT2D eigenvalue weighted by atomic mass is 19.4. The summed E-state index contributed by atoms with van der Waals surface area (Å²) in [7, 11) is 0. The van der Waals surface area contributed by atoms with Crippen LogP contribution in [0, 0.1) is 11.7 Å². The van der Waals surface area contributed by atoms with Gasteiger partial charge in [0.25, 0.3) is 0 Å². The lowest BCUT2D eigenvalue weighted by Gasteiger charge is -2.21. The van der Waals surface area contributed by atoms with E-state index in [9.17, 15) is 17.6 Å². The normalized spacial score (nSPS) is 19.2. The van der Waals surface area contributed by atoms with Gasteiger partial charge in [-0.1, -0.05) is 12.8 Å². The molecule has 0 amide bonds. The molecule has 0 saturated heterocycles. The fourth-order valence-corrected chi connectivity index (χ4v) is 2.55. The first-order valence-corrected chi connectivity index (χ1v) is 6.02. The van der Waals surface area contributed by atoms with E-state index in [2.05, 4.69) is 0 Å². The first-order chi connectivity index (χ1) is 8.39. The van der Waals surface area contributed by atoms with E-state index in [1.54, 1.807) is 0 Å². The molecule has 1 saturated carbocycles. The van der Waals surface area contributed by atoms with Crippen molar-refractivity contribution in [1.82, 2.24) is 0 Å². The Morgan fingerprint density at radius 3 is 2.33 bits per heavy atom. The van der Waals surface area contributed by atoms with E-state index in [1.807, 2.05) is 0 Å². The Morgan fingerprint density at radius 1 is 1.17 bits per heavy atom. The molecule has 18 heavy (non-hydrogen) atoms. The molecule has 0 unspecified atom stereocenters. The van der Waals surface area contributed by atoms with Crippen molar-refractivity contribution in [2.45, 2.75) is 37.9 Å². The molecule has 0 bridgehead atoms. The van der Waals surface area contributed by atoms with Gasteiger partial charge in [0.1, 0.15) is 5.82 Å². The number of alkyl halides is 3. The number of halogens is 4. The minimum Gasteiger partial charge on any atom is -0.324 e. The van der Waals surface area contributed by atoms with Crippen LogP contribution in [-0.4, -0.2) is 0 Å². The highest BCUT2D eigenvalue weighted by Crippen LogP contribution is 2.37. The lowest BCUT2D eigenvalue weighted by atomic mass is 9.91. The molecule has 1 aliphatic carbocycles. The topological polar surface area (TPSA) is 26.0 Å². The Kier molecular flexibility index (Phi) is 3.61. The van der Waals surface area contributed by atoms with Gasteiger partial charge in [0.05, 0.1) is 5.56 Å². The van der Waals surface area contributed by atoms with Crippen LogP contribution in [0.4, 0.5) is 17.6 Å². The molecular weight excluding hydrogens is 246 g/mol. The second kappa shape index (κ2) is 4.88. The molecule has 1 fully saturated rings. The number of benzene rings is 1. The molecule has 2 N–H and O–H groups in total. The zero-order chi connectivity index (χ0) is 13.3. The van der Waals surface area contributed by atoms with Crippen LogP contribution in [0.2, 0.25) is 0 Å². The minimum absolute atomic E-state index is 0.0169. The summed E-state index contributed by atoms with van der Waals surface area (Å²) in [4.78, 5) is 0. The molecule has 0 heterocycles. The average molecular weight is 261 g/mol. The summed E-state index contributed by atoms with van der Waals surface area (Å²) in [6.45, 7) is 0. The summed E-state index contributed by atoms with van der Waals surface area (Å²) in [5.74, 6) is -0.564. The summed E-state index contributed by atoms with van der Waals surface area (Å²) in [5, 5.41) is 0. The van der Waals surface area contributed by atoms with E-state index in [0.717, 1.165) is 43.9 Å². The number of hydrogen-bond acceptors (Lipinski definition) is 1. The second-order valence-electron chi connectivity index (χ2n) is 4.80. The van der Waals surface area contributed by atoms with Crippen molar-refractivity contribution >= 4 is 0 Å². The van der Waals surface area contributed by atoms with Crippen LogP contribution in [0.25, 0.3) is 0 Å². The predicted molar refractivity (Wildman–Crippen MR) is 60.3 cm³/mol. The molecular formula is C13H15F4N. The quantitative estimate of drug-likeness (QED) is 0.799. The first kappa shape index (κ1) is 13.3. The fraction of sp³-hybridized carbons (Fsp3) is 0.538. The molecule has 0 aliphatic heterocycles. The molecule has 0 aromatic heterocycles. The van der Waals surface area contributed by atoms with Gasteiger partial charge in [-0.2, -0.15) is 13.2 Å². The number of nitrogens with two attached hydrogens (primary N) is 1. The highest BCUT2D eigenvalue weighted by Gasteiger charge is 2.33. The molecule has 1 atom stereocenters. The van der Waals surface area contributed by atoms with Crippen molar-refractivity contribution in [3.8, 4) is 0 Å². The van der Waals surface area contributed by atoms with E-state index in [0.29, 0.717) is 0 Å². The van der Waals surface area contributed by atoms with E-state index in [4.69, 9.17) is 5.73 Å². The predicted octanol–water partition coefficient (Wildman–Crippen LogP) is 4.03. The lowest BCUT2D eigenvalue weighted by Crippen LogP contribution is -2.21. The smallest absolute Gasteiger partial charge is 0.324 e. The third kappa shape index (κ3) is 2.66. The van der Waals surface area contributed by atoms with Gasteiger partial charge in [-0.25, -0.2) is 4.39 Å². The second-order valence-corrected chi connectivity index (χ2v) is 4.80. The van der Waals surface area contributed by atoms with Crippen LogP contribution in [0.15, 0.2) is 18.2 Å². The molecule has 0 radical (unpaired) electrons. The van der Waals surface area contributed by atoms with Crippen LogP contribution < -0.4 is 5.73 Å². The van der Waals surface area contributed by atoms with E-state index in [-0.39, 0.29) is 11.5 Å². The molecule has 1 aromatic carbocycles. The van der Waals surface area contributed by atoms with Gasteiger partial charge in [0.2, 0.25) is 0 Å². The summed E-state index contributed by atoms with van der Waals surface area (Å²) < 4.78 is 51.3. The van der Waals surface area contributed by atoms with Crippen LogP contribution in [0.3, 0.4) is 0 Å². The van der Waals surface area contributed by atoms with Gasteiger partial charge < -0.3 is 5.73 Å². The SMILES string of the molecule is N[C@@H](c1cc(C(F)(F)F)ccc1F)C1CCCC1. The number of rotatable bonds is 2. The zero-order valence-electron chi connectivity index (χ0n) is 9.80. The highest BCUT2D eigenvalue weighted by molar-refractivity contribution is 5.29. The Hall–Kier alpha value is -1.10. The maximum Gasteiger partial charge on any atom is 0.416 e. The molecule has 0 spiro atoms. The Labute approximate surface area is 103 Å². The van der Waals surface area contributed by atoms with Gasteiger partial charge in [-0.05, 0) is 37.0 Å². The average Bonchev–Trinajstić information content (AvgIpc) is 2.80. The van der Waals surface area contributed by atoms with E-state index in [1.165, 1.54) is 0 Å². The number of hydrogen-bond donors (Lipinski definition) is 1. The molecule has 2 rings (SSSR count). The Bertz CT molecular complexity index is 421. The van der Waals surface area contributed by atoms with E-state index < -0.39 is 23.6 Å². The van der Waals surface area contributed by atoms with Crippen LogP contribution in [0.1, 0.15) is 42.9 Å². The summed E-state index contributed by atoms with van der Waals surface area (Å²) in [6.07, 6.45) is -0.719. The third-order valence-electron chi connectivity index (χ3n) is 3.59. The molecule has 1 nitrogen and oxygen atoms in total. The minimum atomic E-state index is -4.46. The summed E-state index contributed by atoms with van der Waals surface area (Å²) in [5.41, 5.74) is 5.05. The molecule has 1 aliphatic rings. The van der Waals surface area contributed by atoms with Crippen LogP contribution in [-0.2, 0) is 6.18 Å². The summed E-state index contributed by atoms with van der Waals surface area (Å²) in [6, 6.07) is 1.81. The van der Waals surface area contributed by atoms with Crippen molar-refractivity contribution in [3.63, 3.8) is 0 Å². The molecule has 100 valence electrons. The van der Waals surface area contributed by atoms with Gasteiger partial charge in [0, 0.05) is 11.6 Å². The Balaban J connectivity index is 2.31. The first-order valence-electron chi connectivity index (χ1n) is 6.02. The molecule has 1 aromatic rings. The maximum atomic E-state index is 13.6. The van der Waals surface area contributed by atoms with Crippen molar-refractivity contribution in [1.29, 1.82) is 0 Å². The third-order valence-corrected chi connectivity index (χ3v) is 3.59. The van der Waals surface area contributed by atoms with Crippen molar-refractivity contribution in [2.24, 2.45) is 11.7 Å². The lowest BCUT2D eigenvalue weighted by molar-refractivity contribution is -0.137.